The van der Waals surface area contributed by atoms with Gasteiger partial charge in [0, 0.05) is 6.42 Å². The van der Waals surface area contributed by atoms with Crippen LogP contribution in [0.4, 0.5) is 8.78 Å². The number of aromatic nitrogens is 3. The number of rotatable bonds is 2. The van der Waals surface area contributed by atoms with E-state index in [1.54, 1.807) is 16.8 Å². The van der Waals surface area contributed by atoms with Crippen LogP contribution in [0.5, 0.6) is 0 Å². The molecule has 2 aromatic heterocycles. The van der Waals surface area contributed by atoms with Gasteiger partial charge in [-0.25, -0.2) is 18.3 Å². The van der Waals surface area contributed by atoms with Gasteiger partial charge in [-0.2, -0.15) is 5.10 Å². The Labute approximate surface area is 116 Å². The van der Waals surface area contributed by atoms with Gasteiger partial charge in [0.05, 0.1) is 11.9 Å². The van der Waals surface area contributed by atoms with E-state index >= 15 is 0 Å². The zero-order valence-corrected chi connectivity index (χ0v) is 11.2. The Morgan fingerprint density at radius 1 is 1.11 bits per heavy atom. The third-order valence-electron chi connectivity index (χ3n) is 2.75. The van der Waals surface area contributed by atoms with Gasteiger partial charge in [0.15, 0.2) is 17.3 Å². The monoisotopic (exact) mass is 323 g/mol. The number of benzene rings is 1. The molecule has 0 spiro atoms. The first-order valence-electron chi connectivity index (χ1n) is 5.56. The van der Waals surface area contributed by atoms with E-state index in [-0.39, 0.29) is 0 Å². The van der Waals surface area contributed by atoms with E-state index in [4.69, 9.17) is 0 Å². The van der Waals surface area contributed by atoms with Crippen molar-refractivity contribution in [2.75, 3.05) is 0 Å². The van der Waals surface area contributed by atoms with Crippen LogP contribution in [0, 0.1) is 11.6 Å². The molecule has 0 aliphatic carbocycles. The maximum absolute atomic E-state index is 13.1. The Hall–Kier alpha value is -1.82. The van der Waals surface area contributed by atoms with Gasteiger partial charge in [0.25, 0.3) is 0 Å². The summed E-state index contributed by atoms with van der Waals surface area (Å²) in [7, 11) is 0. The highest BCUT2D eigenvalue weighted by Crippen LogP contribution is 2.15. The largest absolute Gasteiger partial charge is 0.234 e. The second-order valence-corrected chi connectivity index (χ2v) is 4.91. The maximum Gasteiger partial charge on any atom is 0.159 e. The quantitative estimate of drug-likeness (QED) is 0.724. The maximum atomic E-state index is 13.1. The summed E-state index contributed by atoms with van der Waals surface area (Å²) in [5.74, 6) is -1.69. The molecule has 0 radical (unpaired) electrons. The molecule has 6 heteroatoms. The fraction of sp³-hybridized carbons (Fsp3) is 0.0769. The normalized spacial score (nSPS) is 11.1. The van der Waals surface area contributed by atoms with Crippen molar-refractivity contribution >= 4 is 21.6 Å². The van der Waals surface area contributed by atoms with Gasteiger partial charge in [-0.15, -0.1) is 0 Å². The lowest BCUT2D eigenvalue weighted by Crippen LogP contribution is -2.00. The standard InChI is InChI=1S/C13H8BrF2N3/c14-12-7-17-13-4-2-9(18-19(12)13)5-8-1-3-10(15)11(16)6-8/h1-4,6-7H,5H2. The second kappa shape index (κ2) is 4.70. The molecule has 0 N–H and O–H groups in total. The third kappa shape index (κ3) is 2.35. The summed E-state index contributed by atoms with van der Waals surface area (Å²) in [6, 6.07) is 7.50. The molecule has 96 valence electrons. The molecule has 0 fully saturated rings. The molecule has 1 aromatic carbocycles. The van der Waals surface area contributed by atoms with Crippen molar-refractivity contribution in [3.05, 3.63) is 64.0 Å². The van der Waals surface area contributed by atoms with Crippen LogP contribution in [0.3, 0.4) is 0 Å². The van der Waals surface area contributed by atoms with Crippen LogP contribution in [0.25, 0.3) is 5.65 Å². The van der Waals surface area contributed by atoms with Crippen molar-refractivity contribution < 1.29 is 8.78 Å². The summed E-state index contributed by atoms with van der Waals surface area (Å²) >= 11 is 3.34. The molecule has 0 bridgehead atoms. The fourth-order valence-electron chi connectivity index (χ4n) is 1.84. The van der Waals surface area contributed by atoms with Crippen molar-refractivity contribution in [3.63, 3.8) is 0 Å². The van der Waals surface area contributed by atoms with Crippen molar-refractivity contribution in [2.24, 2.45) is 0 Å². The first-order valence-corrected chi connectivity index (χ1v) is 6.36. The van der Waals surface area contributed by atoms with E-state index in [2.05, 4.69) is 26.0 Å². The lowest BCUT2D eigenvalue weighted by Gasteiger charge is -2.03. The molecule has 0 atom stereocenters. The summed E-state index contributed by atoms with van der Waals surface area (Å²) in [5.41, 5.74) is 2.14. The molecule has 0 aliphatic heterocycles. The first kappa shape index (κ1) is 12.2. The van der Waals surface area contributed by atoms with Crippen LogP contribution in [-0.2, 0) is 6.42 Å². The Morgan fingerprint density at radius 2 is 1.95 bits per heavy atom. The number of hydrogen-bond donors (Lipinski definition) is 0. The minimum atomic E-state index is -0.845. The van der Waals surface area contributed by atoms with Gasteiger partial charge < -0.3 is 0 Å². The van der Waals surface area contributed by atoms with E-state index in [0.717, 1.165) is 22.0 Å². The Balaban J connectivity index is 1.95. The predicted octanol–water partition coefficient (Wildman–Crippen LogP) is 3.36. The predicted molar refractivity (Wildman–Crippen MR) is 69.9 cm³/mol. The zero-order valence-electron chi connectivity index (χ0n) is 9.65. The number of hydrogen-bond acceptors (Lipinski definition) is 2. The Kier molecular flexibility index (Phi) is 3.02. The molecule has 3 nitrogen and oxygen atoms in total. The zero-order chi connectivity index (χ0) is 13.4. The van der Waals surface area contributed by atoms with Crippen LogP contribution in [-0.4, -0.2) is 14.6 Å². The molecular weight excluding hydrogens is 316 g/mol. The minimum absolute atomic E-state index is 0.428. The highest BCUT2D eigenvalue weighted by Gasteiger charge is 2.06. The molecule has 3 rings (SSSR count). The topological polar surface area (TPSA) is 30.2 Å². The van der Waals surface area contributed by atoms with Crippen molar-refractivity contribution in [1.29, 1.82) is 0 Å². The van der Waals surface area contributed by atoms with Crippen LogP contribution in [0.1, 0.15) is 11.3 Å². The van der Waals surface area contributed by atoms with E-state index < -0.39 is 11.6 Å². The van der Waals surface area contributed by atoms with E-state index in [0.29, 0.717) is 12.0 Å². The van der Waals surface area contributed by atoms with Crippen LogP contribution >= 0.6 is 15.9 Å². The molecule has 0 aliphatic rings. The van der Waals surface area contributed by atoms with E-state index in [9.17, 15) is 8.78 Å². The number of fused-ring (bicyclic) bond motifs is 1. The molecule has 2 heterocycles. The molecule has 0 unspecified atom stereocenters. The average Bonchev–Trinajstić information content (AvgIpc) is 2.76. The first-order chi connectivity index (χ1) is 9.13. The van der Waals surface area contributed by atoms with Crippen molar-refractivity contribution in [3.8, 4) is 0 Å². The average molecular weight is 324 g/mol. The van der Waals surface area contributed by atoms with Gasteiger partial charge in [0.1, 0.15) is 4.60 Å². The van der Waals surface area contributed by atoms with Crippen molar-refractivity contribution in [1.82, 2.24) is 14.6 Å². The smallest absolute Gasteiger partial charge is 0.159 e. The van der Waals surface area contributed by atoms with Crippen LogP contribution in [0.2, 0.25) is 0 Å². The second-order valence-electron chi connectivity index (χ2n) is 4.10. The van der Waals surface area contributed by atoms with Gasteiger partial charge in [-0.1, -0.05) is 6.07 Å². The SMILES string of the molecule is Fc1ccc(Cc2ccc3ncc(Br)n3n2)cc1F. The molecule has 0 saturated heterocycles. The fourth-order valence-corrected chi connectivity index (χ4v) is 2.20. The van der Waals surface area contributed by atoms with Gasteiger partial charge >= 0.3 is 0 Å². The summed E-state index contributed by atoms with van der Waals surface area (Å²) in [6.07, 6.45) is 2.08. The lowest BCUT2D eigenvalue weighted by molar-refractivity contribution is 0.507. The molecule has 19 heavy (non-hydrogen) atoms. The van der Waals surface area contributed by atoms with E-state index in [1.807, 2.05) is 12.1 Å². The minimum Gasteiger partial charge on any atom is -0.234 e. The Bertz CT molecular complexity index is 755. The van der Waals surface area contributed by atoms with Gasteiger partial charge in [-0.05, 0) is 45.8 Å². The summed E-state index contributed by atoms with van der Waals surface area (Å²) < 4.78 is 28.4. The summed E-state index contributed by atoms with van der Waals surface area (Å²) in [4.78, 5) is 4.14. The highest BCUT2D eigenvalue weighted by atomic mass is 79.9. The van der Waals surface area contributed by atoms with Crippen molar-refractivity contribution in [2.45, 2.75) is 6.42 Å². The molecular formula is C13H8BrF2N3. The number of imidazole rings is 1. The summed E-state index contributed by atoms with van der Waals surface area (Å²) in [6.45, 7) is 0. The number of nitrogens with zero attached hydrogens (tertiary/aromatic N) is 3. The van der Waals surface area contributed by atoms with Gasteiger partial charge in [-0.3, -0.25) is 0 Å². The molecule has 3 aromatic rings. The third-order valence-corrected chi connectivity index (χ3v) is 3.29. The highest BCUT2D eigenvalue weighted by molar-refractivity contribution is 9.10. The van der Waals surface area contributed by atoms with E-state index in [1.165, 1.54) is 6.07 Å². The molecule has 0 amide bonds. The Morgan fingerprint density at radius 3 is 2.74 bits per heavy atom. The van der Waals surface area contributed by atoms with Gasteiger partial charge in [0.2, 0.25) is 0 Å². The number of halogens is 3. The van der Waals surface area contributed by atoms with Crippen LogP contribution < -0.4 is 0 Å². The summed E-state index contributed by atoms with van der Waals surface area (Å²) in [5, 5.41) is 4.37. The molecule has 0 saturated carbocycles. The lowest BCUT2D eigenvalue weighted by atomic mass is 10.1. The van der Waals surface area contributed by atoms with Crippen LogP contribution in [0.15, 0.2) is 41.1 Å².